The fourth-order valence-electron chi connectivity index (χ4n) is 1.58. The minimum absolute atomic E-state index is 0.244. The van der Waals surface area contributed by atoms with E-state index in [9.17, 15) is 4.39 Å². The standard InChI is InChI=1S/C13H12BrFN2OS2/c1-18-6-10-12(14)13(19)17-11(16-10)7-20-9-4-2-3-8(15)5-9/h2-5H,6-7H2,1H3,(H,16,17,19). The summed E-state index contributed by atoms with van der Waals surface area (Å²) in [4.78, 5) is 8.32. The second kappa shape index (κ2) is 7.31. The molecule has 1 aromatic carbocycles. The van der Waals surface area contributed by atoms with Gasteiger partial charge in [-0.15, -0.1) is 11.8 Å². The van der Waals surface area contributed by atoms with E-state index in [1.54, 1.807) is 13.2 Å². The summed E-state index contributed by atoms with van der Waals surface area (Å²) < 4.78 is 19.4. The molecular weight excluding hydrogens is 363 g/mol. The fourth-order valence-corrected chi connectivity index (χ4v) is 2.92. The van der Waals surface area contributed by atoms with Gasteiger partial charge in [0.05, 0.1) is 22.5 Å². The van der Waals surface area contributed by atoms with E-state index in [1.807, 2.05) is 6.07 Å². The lowest BCUT2D eigenvalue weighted by Gasteiger charge is -2.08. The molecule has 0 spiro atoms. The van der Waals surface area contributed by atoms with Gasteiger partial charge in [-0.2, -0.15) is 0 Å². The summed E-state index contributed by atoms with van der Waals surface area (Å²) in [5, 5.41) is 0. The van der Waals surface area contributed by atoms with Crippen molar-refractivity contribution in [3.8, 4) is 0 Å². The molecule has 0 saturated carbocycles. The van der Waals surface area contributed by atoms with Crippen LogP contribution < -0.4 is 0 Å². The predicted molar refractivity (Wildman–Crippen MR) is 83.8 cm³/mol. The van der Waals surface area contributed by atoms with Crippen molar-refractivity contribution in [2.24, 2.45) is 0 Å². The molecule has 1 heterocycles. The topological polar surface area (TPSA) is 37.9 Å². The molecule has 1 N–H and O–H groups in total. The van der Waals surface area contributed by atoms with Crippen LogP contribution >= 0.6 is 39.9 Å². The van der Waals surface area contributed by atoms with Crippen molar-refractivity contribution in [3.05, 3.63) is 50.7 Å². The van der Waals surface area contributed by atoms with E-state index < -0.39 is 0 Å². The quantitative estimate of drug-likeness (QED) is 0.618. The molecule has 0 aliphatic heterocycles. The first-order chi connectivity index (χ1) is 9.60. The summed E-state index contributed by atoms with van der Waals surface area (Å²) in [7, 11) is 1.62. The minimum Gasteiger partial charge on any atom is -0.378 e. The van der Waals surface area contributed by atoms with Gasteiger partial charge in [-0.1, -0.05) is 18.3 Å². The van der Waals surface area contributed by atoms with Crippen molar-refractivity contribution in [1.82, 2.24) is 9.97 Å². The summed E-state index contributed by atoms with van der Waals surface area (Å²) in [6, 6.07) is 6.46. The average Bonchev–Trinajstić information content (AvgIpc) is 2.42. The predicted octanol–water partition coefficient (Wildman–Crippen LogP) is 4.48. The van der Waals surface area contributed by atoms with Gasteiger partial charge in [0, 0.05) is 12.0 Å². The monoisotopic (exact) mass is 374 g/mol. The fraction of sp³-hybridized carbons (Fsp3) is 0.231. The normalized spacial score (nSPS) is 10.8. The van der Waals surface area contributed by atoms with E-state index in [1.165, 1.54) is 23.9 Å². The van der Waals surface area contributed by atoms with Gasteiger partial charge in [-0.25, -0.2) is 9.37 Å². The van der Waals surface area contributed by atoms with Crippen LogP contribution in [0.15, 0.2) is 33.6 Å². The number of H-pyrrole nitrogens is 1. The first-order valence-corrected chi connectivity index (χ1v) is 7.93. The smallest absolute Gasteiger partial charge is 0.144 e. The van der Waals surface area contributed by atoms with Crippen LogP contribution in [0, 0.1) is 10.5 Å². The van der Waals surface area contributed by atoms with E-state index in [0.29, 0.717) is 17.0 Å². The summed E-state index contributed by atoms with van der Waals surface area (Å²) >= 11 is 10.1. The van der Waals surface area contributed by atoms with Crippen molar-refractivity contribution in [2.75, 3.05) is 7.11 Å². The SMILES string of the molecule is COCc1[nH]c(CSc2cccc(F)c2)nc(=S)c1Br. The molecule has 0 amide bonds. The lowest BCUT2D eigenvalue weighted by molar-refractivity contribution is 0.180. The summed E-state index contributed by atoms with van der Waals surface area (Å²) in [6.07, 6.45) is 0. The lowest BCUT2D eigenvalue weighted by atomic mass is 10.4. The number of rotatable bonds is 5. The van der Waals surface area contributed by atoms with Crippen LogP contribution in [0.25, 0.3) is 0 Å². The Hall–Kier alpha value is -0.760. The average molecular weight is 375 g/mol. The van der Waals surface area contributed by atoms with Crippen LogP contribution in [-0.4, -0.2) is 17.1 Å². The number of ether oxygens (including phenoxy) is 1. The highest BCUT2D eigenvalue weighted by atomic mass is 79.9. The largest absolute Gasteiger partial charge is 0.378 e. The molecule has 2 aromatic rings. The van der Waals surface area contributed by atoms with Crippen LogP contribution in [0.5, 0.6) is 0 Å². The molecule has 106 valence electrons. The molecule has 0 aliphatic carbocycles. The van der Waals surface area contributed by atoms with Gasteiger partial charge in [0.25, 0.3) is 0 Å². The molecule has 0 aliphatic rings. The zero-order chi connectivity index (χ0) is 14.5. The van der Waals surface area contributed by atoms with Gasteiger partial charge >= 0.3 is 0 Å². The zero-order valence-corrected chi connectivity index (χ0v) is 13.9. The summed E-state index contributed by atoms with van der Waals surface area (Å²) in [5.74, 6) is 1.07. The van der Waals surface area contributed by atoms with Gasteiger partial charge in [-0.05, 0) is 34.1 Å². The van der Waals surface area contributed by atoms with Gasteiger partial charge in [0.1, 0.15) is 16.3 Å². The molecule has 7 heteroatoms. The third-order valence-electron chi connectivity index (χ3n) is 2.44. The van der Waals surface area contributed by atoms with Crippen LogP contribution in [0.4, 0.5) is 4.39 Å². The van der Waals surface area contributed by atoms with E-state index in [2.05, 4.69) is 25.9 Å². The maximum absolute atomic E-state index is 13.1. The molecular formula is C13H12BrFN2OS2. The van der Waals surface area contributed by atoms with Crippen molar-refractivity contribution >= 4 is 39.9 Å². The maximum atomic E-state index is 13.1. The van der Waals surface area contributed by atoms with Crippen molar-refractivity contribution in [1.29, 1.82) is 0 Å². The molecule has 20 heavy (non-hydrogen) atoms. The van der Waals surface area contributed by atoms with Gasteiger partial charge in [0.2, 0.25) is 0 Å². The molecule has 0 radical (unpaired) electrons. The van der Waals surface area contributed by atoms with Crippen molar-refractivity contribution in [2.45, 2.75) is 17.3 Å². The van der Waals surface area contributed by atoms with Crippen LogP contribution in [0.3, 0.4) is 0 Å². The second-order valence-electron chi connectivity index (χ2n) is 3.96. The molecule has 0 fully saturated rings. The number of methoxy groups -OCH3 is 1. The Labute approximate surface area is 134 Å². The second-order valence-corrected chi connectivity index (χ2v) is 6.19. The van der Waals surface area contributed by atoms with Gasteiger partial charge < -0.3 is 9.72 Å². The first kappa shape index (κ1) is 15.6. The van der Waals surface area contributed by atoms with E-state index in [-0.39, 0.29) is 5.82 Å². The summed E-state index contributed by atoms with van der Waals surface area (Å²) in [6.45, 7) is 0.421. The highest BCUT2D eigenvalue weighted by Gasteiger charge is 2.07. The third kappa shape index (κ3) is 4.12. The van der Waals surface area contributed by atoms with Crippen molar-refractivity contribution < 1.29 is 9.13 Å². The van der Waals surface area contributed by atoms with Crippen LogP contribution in [-0.2, 0) is 17.1 Å². The number of benzene rings is 1. The maximum Gasteiger partial charge on any atom is 0.144 e. The molecule has 0 unspecified atom stereocenters. The molecule has 2 rings (SSSR count). The Bertz CT molecular complexity index is 663. The number of aromatic amines is 1. The van der Waals surface area contributed by atoms with Gasteiger partial charge in [0.15, 0.2) is 0 Å². The first-order valence-electron chi connectivity index (χ1n) is 5.75. The van der Waals surface area contributed by atoms with Crippen molar-refractivity contribution in [3.63, 3.8) is 0 Å². The number of hydrogen-bond donors (Lipinski definition) is 1. The Morgan fingerprint density at radius 1 is 1.50 bits per heavy atom. The number of halogens is 2. The Morgan fingerprint density at radius 3 is 3.00 bits per heavy atom. The highest BCUT2D eigenvalue weighted by molar-refractivity contribution is 9.10. The number of nitrogens with zero attached hydrogens (tertiary/aromatic N) is 1. The lowest BCUT2D eigenvalue weighted by Crippen LogP contribution is -2.02. The molecule has 3 nitrogen and oxygen atoms in total. The van der Waals surface area contributed by atoms with E-state index in [4.69, 9.17) is 17.0 Å². The number of aromatic nitrogens is 2. The number of thioether (sulfide) groups is 1. The Kier molecular flexibility index (Phi) is 5.71. The van der Waals surface area contributed by atoms with Crippen LogP contribution in [0.1, 0.15) is 11.5 Å². The molecule has 0 bridgehead atoms. The minimum atomic E-state index is -0.244. The Morgan fingerprint density at radius 2 is 2.30 bits per heavy atom. The van der Waals surface area contributed by atoms with Gasteiger partial charge in [-0.3, -0.25) is 0 Å². The highest BCUT2D eigenvalue weighted by Crippen LogP contribution is 2.23. The zero-order valence-electron chi connectivity index (χ0n) is 10.7. The summed E-state index contributed by atoms with van der Waals surface area (Å²) in [5.41, 5.74) is 0.849. The molecule has 0 saturated heterocycles. The molecule has 0 atom stereocenters. The van der Waals surface area contributed by atoms with E-state index >= 15 is 0 Å². The van der Waals surface area contributed by atoms with E-state index in [0.717, 1.165) is 20.9 Å². The van der Waals surface area contributed by atoms with Crippen LogP contribution in [0.2, 0.25) is 0 Å². The Balaban J connectivity index is 2.15. The number of hydrogen-bond acceptors (Lipinski definition) is 4. The number of nitrogens with one attached hydrogen (secondary N) is 1. The molecule has 1 aromatic heterocycles. The third-order valence-corrected chi connectivity index (χ3v) is 4.86.